The average Bonchev–Trinajstić information content (AvgIpc) is 2.46. The van der Waals surface area contributed by atoms with E-state index >= 15 is 0 Å². The van der Waals surface area contributed by atoms with E-state index in [0.29, 0.717) is 0 Å². The third-order valence-corrected chi connectivity index (χ3v) is 4.30. The molecule has 1 aromatic carbocycles. The van der Waals surface area contributed by atoms with Gasteiger partial charge < -0.3 is 10.0 Å². The average molecular weight is 288 g/mol. The summed E-state index contributed by atoms with van der Waals surface area (Å²) in [6.45, 7) is 13.0. The minimum absolute atomic E-state index is 0.227. The Kier molecular flexibility index (Phi) is 5.83. The summed E-state index contributed by atoms with van der Waals surface area (Å²) in [6.07, 6.45) is 3.36. The Hall–Kier alpha value is -1.32. The fourth-order valence-corrected chi connectivity index (χ4v) is 3.16. The Morgan fingerprint density at radius 2 is 1.81 bits per heavy atom. The summed E-state index contributed by atoms with van der Waals surface area (Å²) in [7, 11) is 0. The van der Waals surface area contributed by atoms with Crippen molar-refractivity contribution in [2.24, 2.45) is 0 Å². The monoisotopic (exact) mass is 288 g/mol. The first-order valence-electron chi connectivity index (χ1n) is 7.94. The van der Waals surface area contributed by atoms with Gasteiger partial charge in [-0.05, 0) is 37.8 Å². The van der Waals surface area contributed by atoms with E-state index in [4.69, 9.17) is 0 Å². The van der Waals surface area contributed by atoms with Crippen molar-refractivity contribution in [2.45, 2.75) is 32.8 Å². The molecule has 1 aromatic rings. The molecule has 0 aliphatic carbocycles. The molecule has 1 aliphatic rings. The van der Waals surface area contributed by atoms with Gasteiger partial charge in [-0.25, -0.2) is 0 Å². The van der Waals surface area contributed by atoms with E-state index in [0.717, 1.165) is 45.6 Å². The summed E-state index contributed by atoms with van der Waals surface area (Å²) < 4.78 is 0. The second-order valence-electron chi connectivity index (χ2n) is 6.05. The third kappa shape index (κ3) is 4.32. The Morgan fingerprint density at radius 3 is 2.38 bits per heavy atom. The molecule has 0 aromatic heterocycles. The number of para-hydroxylation sites is 1. The lowest BCUT2D eigenvalue weighted by molar-refractivity contribution is 0.103. The van der Waals surface area contributed by atoms with Gasteiger partial charge in [-0.3, -0.25) is 4.90 Å². The van der Waals surface area contributed by atoms with E-state index in [9.17, 15) is 5.11 Å². The lowest BCUT2D eigenvalue weighted by atomic mass is 10.1. The van der Waals surface area contributed by atoms with Crippen LogP contribution in [0.15, 0.2) is 30.9 Å². The number of piperazine rings is 1. The number of aliphatic hydroxyl groups excluding tert-OH is 1. The smallest absolute Gasteiger partial charge is 0.0670 e. The Balaban J connectivity index is 1.87. The minimum Gasteiger partial charge on any atom is -0.392 e. The Labute approximate surface area is 128 Å². The molecule has 1 heterocycles. The summed E-state index contributed by atoms with van der Waals surface area (Å²) in [5.41, 5.74) is 4.10. The van der Waals surface area contributed by atoms with Gasteiger partial charge in [0.05, 0.1) is 6.10 Å². The van der Waals surface area contributed by atoms with Crippen LogP contribution in [-0.2, 0) is 0 Å². The second kappa shape index (κ2) is 7.62. The molecule has 0 amide bonds. The van der Waals surface area contributed by atoms with E-state index in [-0.39, 0.29) is 6.10 Å². The summed E-state index contributed by atoms with van der Waals surface area (Å²) in [4.78, 5) is 4.86. The molecule has 1 aliphatic heterocycles. The highest BCUT2D eigenvalue weighted by Gasteiger charge is 2.20. The minimum atomic E-state index is -0.227. The van der Waals surface area contributed by atoms with Crippen molar-refractivity contribution in [3.63, 3.8) is 0 Å². The number of rotatable bonds is 6. The van der Waals surface area contributed by atoms with Gasteiger partial charge in [0.15, 0.2) is 0 Å². The molecule has 3 heteroatoms. The number of nitrogens with zero attached hydrogens (tertiary/aromatic N) is 2. The topological polar surface area (TPSA) is 26.7 Å². The molecule has 21 heavy (non-hydrogen) atoms. The van der Waals surface area contributed by atoms with Crippen molar-refractivity contribution in [1.29, 1.82) is 0 Å². The number of β-amino-alcohol motifs (C(OH)–C–C–N with tert-alkyl or cyclic N) is 1. The maximum absolute atomic E-state index is 10.0. The van der Waals surface area contributed by atoms with Crippen molar-refractivity contribution in [2.75, 3.05) is 37.6 Å². The predicted octanol–water partition coefficient (Wildman–Crippen LogP) is 2.75. The summed E-state index contributed by atoms with van der Waals surface area (Å²) >= 11 is 0. The van der Waals surface area contributed by atoms with Gasteiger partial charge in [-0.2, -0.15) is 0 Å². The van der Waals surface area contributed by atoms with Gasteiger partial charge in [-0.15, -0.1) is 6.58 Å². The summed E-state index contributed by atoms with van der Waals surface area (Å²) in [6, 6.07) is 6.50. The first-order chi connectivity index (χ1) is 10.1. The van der Waals surface area contributed by atoms with Crippen LogP contribution in [0, 0.1) is 13.8 Å². The first kappa shape index (κ1) is 16.1. The molecule has 3 nitrogen and oxygen atoms in total. The number of allylic oxidation sites excluding steroid dienone is 1. The standard InChI is InChI=1S/C18H28N2O/c1-4-5-9-17(21)14-19-10-12-20(13-11-19)18-15(2)7-6-8-16(18)3/h4,6-8,17,21H,1,5,9-14H2,2-3H3. The molecule has 1 N–H and O–H groups in total. The second-order valence-corrected chi connectivity index (χ2v) is 6.05. The molecule has 0 saturated carbocycles. The summed E-state index contributed by atoms with van der Waals surface area (Å²) in [5.74, 6) is 0. The van der Waals surface area contributed by atoms with Gasteiger partial charge >= 0.3 is 0 Å². The molecule has 1 atom stereocenters. The number of hydrogen-bond acceptors (Lipinski definition) is 3. The van der Waals surface area contributed by atoms with Crippen molar-refractivity contribution in [3.05, 3.63) is 42.0 Å². The van der Waals surface area contributed by atoms with Crippen LogP contribution in [0.5, 0.6) is 0 Å². The lowest BCUT2D eigenvalue weighted by Crippen LogP contribution is -2.49. The number of benzene rings is 1. The molecule has 0 radical (unpaired) electrons. The normalized spacial score (nSPS) is 17.8. The maximum atomic E-state index is 10.0. The largest absolute Gasteiger partial charge is 0.392 e. The number of anilines is 1. The van der Waals surface area contributed by atoms with Crippen molar-refractivity contribution in [3.8, 4) is 0 Å². The zero-order valence-electron chi connectivity index (χ0n) is 13.4. The molecule has 0 bridgehead atoms. The van der Waals surface area contributed by atoms with Crippen LogP contribution in [0.3, 0.4) is 0 Å². The van der Waals surface area contributed by atoms with Crippen LogP contribution in [0.1, 0.15) is 24.0 Å². The van der Waals surface area contributed by atoms with Gasteiger partial charge in [0.1, 0.15) is 0 Å². The summed E-state index contributed by atoms with van der Waals surface area (Å²) in [5, 5.41) is 10.0. The fourth-order valence-electron chi connectivity index (χ4n) is 3.16. The molecule has 1 saturated heterocycles. The predicted molar refractivity (Wildman–Crippen MR) is 90.0 cm³/mol. The van der Waals surface area contributed by atoms with E-state index in [1.807, 2.05) is 6.08 Å². The maximum Gasteiger partial charge on any atom is 0.0670 e. The zero-order valence-corrected chi connectivity index (χ0v) is 13.4. The van der Waals surface area contributed by atoms with Crippen LogP contribution < -0.4 is 4.90 Å². The Bertz CT molecular complexity index is 444. The van der Waals surface area contributed by atoms with E-state index < -0.39 is 0 Å². The van der Waals surface area contributed by atoms with Crippen LogP contribution in [0.2, 0.25) is 0 Å². The van der Waals surface area contributed by atoms with E-state index in [1.165, 1.54) is 16.8 Å². The van der Waals surface area contributed by atoms with Gasteiger partial charge in [0.2, 0.25) is 0 Å². The van der Waals surface area contributed by atoms with Gasteiger partial charge in [-0.1, -0.05) is 24.3 Å². The molecule has 116 valence electrons. The van der Waals surface area contributed by atoms with Gasteiger partial charge in [0.25, 0.3) is 0 Å². The highest BCUT2D eigenvalue weighted by Crippen LogP contribution is 2.25. The number of aryl methyl sites for hydroxylation is 2. The molecule has 1 unspecified atom stereocenters. The third-order valence-electron chi connectivity index (χ3n) is 4.30. The molecule has 2 rings (SSSR count). The highest BCUT2D eigenvalue weighted by atomic mass is 16.3. The lowest BCUT2D eigenvalue weighted by Gasteiger charge is -2.38. The number of hydrogen-bond donors (Lipinski definition) is 1. The van der Waals surface area contributed by atoms with E-state index in [1.54, 1.807) is 0 Å². The van der Waals surface area contributed by atoms with Crippen LogP contribution in [0.4, 0.5) is 5.69 Å². The van der Waals surface area contributed by atoms with Crippen LogP contribution in [0.25, 0.3) is 0 Å². The number of aliphatic hydroxyl groups is 1. The SMILES string of the molecule is C=CCCC(O)CN1CCN(c2c(C)cccc2C)CC1. The molecular weight excluding hydrogens is 260 g/mol. The van der Waals surface area contributed by atoms with Crippen molar-refractivity contribution in [1.82, 2.24) is 4.90 Å². The molecule has 1 fully saturated rings. The molecule has 0 spiro atoms. The zero-order chi connectivity index (χ0) is 15.2. The van der Waals surface area contributed by atoms with Crippen molar-refractivity contribution < 1.29 is 5.11 Å². The van der Waals surface area contributed by atoms with Crippen LogP contribution in [-0.4, -0.2) is 48.8 Å². The van der Waals surface area contributed by atoms with Crippen LogP contribution >= 0.6 is 0 Å². The first-order valence-corrected chi connectivity index (χ1v) is 7.94. The Morgan fingerprint density at radius 1 is 1.19 bits per heavy atom. The highest BCUT2D eigenvalue weighted by molar-refractivity contribution is 5.59. The quantitative estimate of drug-likeness (QED) is 0.815. The van der Waals surface area contributed by atoms with Gasteiger partial charge in [0, 0.05) is 38.4 Å². The van der Waals surface area contributed by atoms with Crippen molar-refractivity contribution >= 4 is 5.69 Å². The molecular formula is C18H28N2O. The van der Waals surface area contributed by atoms with E-state index in [2.05, 4.69) is 48.4 Å². The fraction of sp³-hybridized carbons (Fsp3) is 0.556.